The average molecular weight is 439 g/mol. The highest BCUT2D eigenvalue weighted by Crippen LogP contribution is 2.21. The minimum Gasteiger partial charge on any atom is -0.341 e. The first-order valence-electron chi connectivity index (χ1n) is 11.4. The quantitative estimate of drug-likeness (QED) is 0.363. The minimum absolute atomic E-state index is 0.678. The van der Waals surface area contributed by atoms with Gasteiger partial charge in [0.2, 0.25) is 0 Å². The number of H-pyrrole nitrogens is 2. The normalized spacial score (nSPS) is 11.8. The summed E-state index contributed by atoms with van der Waals surface area (Å²) < 4.78 is 0. The van der Waals surface area contributed by atoms with Crippen molar-refractivity contribution in [1.82, 2.24) is 29.8 Å². The maximum Gasteiger partial charge on any atom is 0.121 e. The molecule has 0 saturated carbocycles. The Hall–Kier alpha value is -3.51. The van der Waals surface area contributed by atoms with Crippen LogP contribution < -0.4 is 0 Å². The first-order chi connectivity index (χ1) is 15.8. The summed E-state index contributed by atoms with van der Waals surface area (Å²) in [6.45, 7) is 12.6. The number of nitrogens with one attached hydrogen (secondary N) is 2. The number of aryl methyl sites for hydroxylation is 5. The second kappa shape index (κ2) is 8.45. The molecule has 0 unspecified atom stereocenters. The van der Waals surface area contributed by atoms with Crippen LogP contribution in [0, 0.1) is 34.6 Å². The summed E-state index contributed by atoms with van der Waals surface area (Å²) in [6.07, 6.45) is 0. The molecule has 0 aliphatic heterocycles. The third-order valence-electron chi connectivity index (χ3n) is 6.37. The number of imidazole rings is 2. The summed E-state index contributed by atoms with van der Waals surface area (Å²) in [5.41, 5.74) is 11.3. The molecule has 0 aliphatic rings. The van der Waals surface area contributed by atoms with E-state index in [-0.39, 0.29) is 0 Å². The molecule has 6 nitrogen and oxygen atoms in total. The van der Waals surface area contributed by atoms with E-state index >= 15 is 0 Å². The van der Waals surface area contributed by atoms with Crippen LogP contribution in [0.25, 0.3) is 22.1 Å². The summed E-state index contributed by atoms with van der Waals surface area (Å²) >= 11 is 0. The van der Waals surface area contributed by atoms with Gasteiger partial charge in [0.05, 0.1) is 40.9 Å². The number of fused-ring (bicyclic) bond motifs is 2. The molecule has 0 atom stereocenters. The molecule has 0 fully saturated rings. The van der Waals surface area contributed by atoms with E-state index in [1.165, 1.54) is 22.3 Å². The molecular weight excluding hydrogens is 408 g/mol. The number of aromatic amines is 2. The third kappa shape index (κ3) is 4.52. The van der Waals surface area contributed by atoms with Crippen LogP contribution in [0.3, 0.4) is 0 Å². The number of benzene rings is 2. The first-order valence-corrected chi connectivity index (χ1v) is 11.4. The van der Waals surface area contributed by atoms with Gasteiger partial charge in [0.1, 0.15) is 11.6 Å². The molecule has 0 spiro atoms. The second-order valence-corrected chi connectivity index (χ2v) is 9.19. The van der Waals surface area contributed by atoms with Crippen LogP contribution in [0.4, 0.5) is 0 Å². The fourth-order valence-corrected chi connectivity index (χ4v) is 4.30. The Bertz CT molecular complexity index is 1290. The largest absolute Gasteiger partial charge is 0.341 e. The molecule has 3 heterocycles. The SMILES string of the molecule is Cc1cccc(CN(Cc2nc3cc(C)c(C)cc3[nH]2)Cc2nc3cc(C)c(C)cc3[nH]2)n1. The van der Waals surface area contributed by atoms with E-state index in [4.69, 9.17) is 15.0 Å². The predicted octanol–water partition coefficient (Wildman–Crippen LogP) is 5.58. The van der Waals surface area contributed by atoms with Crippen molar-refractivity contribution >= 4 is 22.1 Å². The molecule has 5 aromatic rings. The number of pyridine rings is 1. The Morgan fingerprint density at radius 3 is 1.67 bits per heavy atom. The van der Waals surface area contributed by atoms with Crippen molar-refractivity contribution in [2.75, 3.05) is 0 Å². The minimum atomic E-state index is 0.678. The van der Waals surface area contributed by atoms with Crippen molar-refractivity contribution in [2.24, 2.45) is 0 Å². The van der Waals surface area contributed by atoms with E-state index < -0.39 is 0 Å². The molecule has 0 saturated heterocycles. The van der Waals surface area contributed by atoms with Gasteiger partial charge in [0.15, 0.2) is 0 Å². The molecular formula is C27H30N6. The Balaban J connectivity index is 1.46. The first kappa shape index (κ1) is 21.3. The van der Waals surface area contributed by atoms with Crippen LogP contribution in [0.15, 0.2) is 42.5 Å². The lowest BCUT2D eigenvalue weighted by Gasteiger charge is -2.20. The number of aromatic nitrogens is 5. The van der Waals surface area contributed by atoms with Crippen LogP contribution in [0.2, 0.25) is 0 Å². The van der Waals surface area contributed by atoms with E-state index in [1.807, 2.05) is 13.0 Å². The highest BCUT2D eigenvalue weighted by molar-refractivity contribution is 5.77. The van der Waals surface area contributed by atoms with Gasteiger partial charge in [-0.1, -0.05) is 6.07 Å². The summed E-state index contributed by atoms with van der Waals surface area (Å²) in [5, 5.41) is 0. The molecule has 0 aliphatic carbocycles. The van der Waals surface area contributed by atoms with Crippen LogP contribution in [-0.2, 0) is 19.6 Å². The van der Waals surface area contributed by atoms with Crippen molar-refractivity contribution in [3.8, 4) is 0 Å². The van der Waals surface area contributed by atoms with Gasteiger partial charge >= 0.3 is 0 Å². The number of hydrogen-bond acceptors (Lipinski definition) is 4. The van der Waals surface area contributed by atoms with Crippen LogP contribution >= 0.6 is 0 Å². The number of nitrogens with zero attached hydrogens (tertiary/aromatic N) is 4. The maximum absolute atomic E-state index is 4.87. The van der Waals surface area contributed by atoms with Crippen molar-refractivity contribution < 1.29 is 0 Å². The summed E-state index contributed by atoms with van der Waals surface area (Å²) in [6, 6.07) is 14.8. The van der Waals surface area contributed by atoms with Crippen molar-refractivity contribution in [3.05, 3.63) is 87.8 Å². The Labute approximate surface area is 194 Å². The van der Waals surface area contributed by atoms with Gasteiger partial charge in [-0.25, -0.2) is 9.97 Å². The fraction of sp³-hybridized carbons (Fsp3) is 0.296. The summed E-state index contributed by atoms with van der Waals surface area (Å²) in [7, 11) is 0. The summed E-state index contributed by atoms with van der Waals surface area (Å²) in [5.74, 6) is 1.90. The Morgan fingerprint density at radius 1 is 0.636 bits per heavy atom. The highest BCUT2D eigenvalue weighted by atomic mass is 15.2. The van der Waals surface area contributed by atoms with Crippen molar-refractivity contribution in [3.63, 3.8) is 0 Å². The zero-order chi connectivity index (χ0) is 23.1. The standard InChI is InChI=1S/C27H30N6/c1-16-9-22-23(10-17(16)2)30-26(29-22)14-33(13-21-8-6-7-20(5)28-21)15-27-31-24-11-18(3)19(4)12-25(24)32-27/h6-12H,13-15H2,1-5H3,(H,29,30)(H,31,32). The smallest absolute Gasteiger partial charge is 0.121 e. The van der Waals surface area contributed by atoms with Gasteiger partial charge in [-0.3, -0.25) is 9.88 Å². The average Bonchev–Trinajstić information content (AvgIpc) is 3.31. The van der Waals surface area contributed by atoms with Crippen LogP contribution in [0.1, 0.15) is 45.3 Å². The van der Waals surface area contributed by atoms with E-state index in [0.29, 0.717) is 19.6 Å². The van der Waals surface area contributed by atoms with Crippen molar-refractivity contribution in [2.45, 2.75) is 54.3 Å². The van der Waals surface area contributed by atoms with Gasteiger partial charge in [0.25, 0.3) is 0 Å². The molecule has 33 heavy (non-hydrogen) atoms. The molecule has 2 N–H and O–H groups in total. The third-order valence-corrected chi connectivity index (χ3v) is 6.37. The van der Waals surface area contributed by atoms with E-state index in [2.05, 4.69) is 79.0 Å². The predicted molar refractivity (Wildman–Crippen MR) is 133 cm³/mol. The Morgan fingerprint density at radius 2 is 1.15 bits per heavy atom. The highest BCUT2D eigenvalue weighted by Gasteiger charge is 2.15. The molecule has 0 amide bonds. The van der Waals surface area contributed by atoms with Gasteiger partial charge in [-0.05, 0) is 93.3 Å². The molecule has 0 bridgehead atoms. The molecule has 0 radical (unpaired) electrons. The van der Waals surface area contributed by atoms with Gasteiger partial charge < -0.3 is 9.97 Å². The van der Waals surface area contributed by atoms with Gasteiger partial charge in [-0.2, -0.15) is 0 Å². The van der Waals surface area contributed by atoms with E-state index in [9.17, 15) is 0 Å². The van der Waals surface area contributed by atoms with Crippen molar-refractivity contribution in [1.29, 1.82) is 0 Å². The maximum atomic E-state index is 4.87. The summed E-state index contributed by atoms with van der Waals surface area (Å²) in [4.78, 5) is 23.8. The van der Waals surface area contributed by atoms with Gasteiger partial charge in [-0.15, -0.1) is 0 Å². The molecule has 168 valence electrons. The Kier molecular flexibility index (Phi) is 5.46. The van der Waals surface area contributed by atoms with E-state index in [1.54, 1.807) is 0 Å². The zero-order valence-corrected chi connectivity index (χ0v) is 20.0. The lowest BCUT2D eigenvalue weighted by molar-refractivity contribution is 0.234. The number of rotatable bonds is 6. The lowest BCUT2D eigenvalue weighted by atomic mass is 10.1. The monoisotopic (exact) mass is 438 g/mol. The fourth-order valence-electron chi connectivity index (χ4n) is 4.30. The molecule has 2 aromatic carbocycles. The van der Waals surface area contributed by atoms with Crippen LogP contribution in [-0.4, -0.2) is 29.8 Å². The zero-order valence-electron chi connectivity index (χ0n) is 20.0. The van der Waals surface area contributed by atoms with Crippen LogP contribution in [0.5, 0.6) is 0 Å². The topological polar surface area (TPSA) is 73.5 Å². The number of hydrogen-bond donors (Lipinski definition) is 2. The van der Waals surface area contributed by atoms with Gasteiger partial charge in [0, 0.05) is 12.2 Å². The molecule has 3 aromatic heterocycles. The second-order valence-electron chi connectivity index (χ2n) is 9.19. The lowest BCUT2D eigenvalue weighted by Crippen LogP contribution is -2.24. The van der Waals surface area contributed by atoms with E-state index in [0.717, 1.165) is 45.1 Å². The molecule has 5 rings (SSSR count). The molecule has 6 heteroatoms.